The number of nitrogens with zero attached hydrogens (tertiary/aromatic N) is 1. The average Bonchev–Trinajstić information content (AvgIpc) is 2.87. The maximum Gasteiger partial charge on any atom is 0.129 e. The molecule has 3 rings (SSSR count). The topological polar surface area (TPSA) is 51.6 Å². The van der Waals surface area contributed by atoms with Crippen molar-refractivity contribution in [3.05, 3.63) is 40.3 Å². The standard InChI is InChI=1S/C15H17NO3S/c1-15(2)6-13(17)12-4-3-10(5-14(12)19-15)18-8-11-7-16-9-20-11/h3-5,7,9,13,17H,6,8H2,1-2H3. The molecule has 1 aliphatic rings. The third kappa shape index (κ3) is 2.78. The number of rotatable bonds is 3. The van der Waals surface area contributed by atoms with Crippen LogP contribution in [0.4, 0.5) is 0 Å². The molecular weight excluding hydrogens is 274 g/mol. The molecule has 1 N–H and O–H groups in total. The maximum atomic E-state index is 10.1. The second kappa shape index (κ2) is 5.07. The summed E-state index contributed by atoms with van der Waals surface area (Å²) in [6.45, 7) is 4.45. The van der Waals surface area contributed by atoms with Gasteiger partial charge in [-0.1, -0.05) is 0 Å². The van der Waals surface area contributed by atoms with E-state index in [1.807, 2.05) is 32.0 Å². The van der Waals surface area contributed by atoms with E-state index < -0.39 is 6.10 Å². The Morgan fingerprint density at radius 1 is 1.50 bits per heavy atom. The van der Waals surface area contributed by atoms with Crippen LogP contribution in [0.1, 0.15) is 36.8 Å². The number of aliphatic hydroxyl groups excluding tert-OH is 1. The maximum absolute atomic E-state index is 10.1. The van der Waals surface area contributed by atoms with Crippen LogP contribution < -0.4 is 9.47 Å². The molecule has 2 aromatic rings. The summed E-state index contributed by atoms with van der Waals surface area (Å²) in [6.07, 6.45) is 1.91. The van der Waals surface area contributed by atoms with Crippen molar-refractivity contribution in [2.24, 2.45) is 0 Å². The van der Waals surface area contributed by atoms with Gasteiger partial charge in [0.05, 0.1) is 16.5 Å². The van der Waals surface area contributed by atoms with Crippen LogP contribution in [0.2, 0.25) is 0 Å². The number of hydrogen-bond acceptors (Lipinski definition) is 5. The van der Waals surface area contributed by atoms with Gasteiger partial charge < -0.3 is 14.6 Å². The normalized spacial score (nSPS) is 20.1. The van der Waals surface area contributed by atoms with Crippen LogP contribution in [0.3, 0.4) is 0 Å². The molecule has 106 valence electrons. The van der Waals surface area contributed by atoms with Crippen molar-refractivity contribution in [3.8, 4) is 11.5 Å². The van der Waals surface area contributed by atoms with Crippen molar-refractivity contribution in [1.29, 1.82) is 0 Å². The first-order chi connectivity index (χ1) is 9.53. The average molecular weight is 291 g/mol. The quantitative estimate of drug-likeness (QED) is 0.942. The lowest BCUT2D eigenvalue weighted by atomic mass is 9.92. The summed E-state index contributed by atoms with van der Waals surface area (Å²) >= 11 is 1.56. The number of ether oxygens (including phenoxy) is 2. The van der Waals surface area contributed by atoms with E-state index in [0.717, 1.165) is 16.2 Å². The molecule has 20 heavy (non-hydrogen) atoms. The Morgan fingerprint density at radius 2 is 2.35 bits per heavy atom. The number of hydrogen-bond donors (Lipinski definition) is 1. The fourth-order valence-electron chi connectivity index (χ4n) is 2.35. The molecule has 2 heterocycles. The van der Waals surface area contributed by atoms with Gasteiger partial charge >= 0.3 is 0 Å². The van der Waals surface area contributed by atoms with Gasteiger partial charge in [0.15, 0.2) is 0 Å². The summed E-state index contributed by atoms with van der Waals surface area (Å²) < 4.78 is 11.6. The molecule has 0 fully saturated rings. The first-order valence-corrected chi connectivity index (χ1v) is 7.43. The summed E-state index contributed by atoms with van der Waals surface area (Å²) in [5.74, 6) is 1.44. The highest BCUT2D eigenvalue weighted by Gasteiger charge is 2.32. The number of thiazole rings is 1. The molecule has 1 aromatic heterocycles. The van der Waals surface area contributed by atoms with E-state index in [4.69, 9.17) is 9.47 Å². The highest BCUT2D eigenvalue weighted by molar-refractivity contribution is 7.09. The lowest BCUT2D eigenvalue weighted by molar-refractivity contribution is 0.0113. The Bertz CT molecular complexity index is 595. The van der Waals surface area contributed by atoms with Gasteiger partial charge in [-0.2, -0.15) is 0 Å². The van der Waals surface area contributed by atoms with E-state index >= 15 is 0 Å². The van der Waals surface area contributed by atoms with Crippen LogP contribution in [0, 0.1) is 0 Å². The first-order valence-electron chi connectivity index (χ1n) is 6.55. The van der Waals surface area contributed by atoms with Gasteiger partial charge in [-0.3, -0.25) is 4.98 Å². The zero-order valence-corrected chi connectivity index (χ0v) is 12.3. The van der Waals surface area contributed by atoms with Crippen LogP contribution in [0.5, 0.6) is 11.5 Å². The van der Waals surface area contributed by atoms with Gasteiger partial charge in [-0.25, -0.2) is 0 Å². The minimum atomic E-state index is -0.482. The lowest BCUT2D eigenvalue weighted by Crippen LogP contribution is -2.34. The minimum absolute atomic E-state index is 0.358. The molecule has 1 aliphatic heterocycles. The Labute approximate surface area is 122 Å². The van der Waals surface area contributed by atoms with E-state index in [-0.39, 0.29) is 5.60 Å². The van der Waals surface area contributed by atoms with Crippen LogP contribution in [-0.4, -0.2) is 15.7 Å². The summed E-state index contributed by atoms with van der Waals surface area (Å²) in [7, 11) is 0. The number of benzene rings is 1. The van der Waals surface area contributed by atoms with Crippen LogP contribution >= 0.6 is 11.3 Å². The van der Waals surface area contributed by atoms with E-state index in [9.17, 15) is 5.11 Å². The zero-order chi connectivity index (χ0) is 14.2. The molecule has 4 nitrogen and oxygen atoms in total. The predicted octanol–water partition coefficient (Wildman–Crippen LogP) is 3.32. The van der Waals surface area contributed by atoms with Gasteiger partial charge in [0.25, 0.3) is 0 Å². The van der Waals surface area contributed by atoms with Crippen molar-refractivity contribution in [2.45, 2.75) is 38.6 Å². The van der Waals surface area contributed by atoms with Crippen molar-refractivity contribution >= 4 is 11.3 Å². The Balaban J connectivity index is 1.78. The molecule has 1 atom stereocenters. The highest BCUT2D eigenvalue weighted by atomic mass is 32.1. The summed E-state index contributed by atoms with van der Waals surface area (Å²) in [4.78, 5) is 5.09. The van der Waals surface area contributed by atoms with Crippen molar-refractivity contribution < 1.29 is 14.6 Å². The highest BCUT2D eigenvalue weighted by Crippen LogP contribution is 2.41. The van der Waals surface area contributed by atoms with Gasteiger partial charge in [-0.15, -0.1) is 11.3 Å². The Kier molecular flexibility index (Phi) is 3.40. The van der Waals surface area contributed by atoms with Crippen LogP contribution in [-0.2, 0) is 6.61 Å². The third-order valence-corrected chi connectivity index (χ3v) is 4.03. The summed E-state index contributed by atoms with van der Waals surface area (Å²) in [5, 5.41) is 10.1. The number of aromatic nitrogens is 1. The van der Waals surface area contributed by atoms with Crippen molar-refractivity contribution in [1.82, 2.24) is 4.98 Å². The van der Waals surface area contributed by atoms with E-state index in [1.165, 1.54) is 0 Å². The second-order valence-electron chi connectivity index (χ2n) is 5.54. The van der Waals surface area contributed by atoms with Crippen molar-refractivity contribution in [3.63, 3.8) is 0 Å². The minimum Gasteiger partial charge on any atom is -0.488 e. The van der Waals surface area contributed by atoms with Gasteiger partial charge in [0.1, 0.15) is 23.7 Å². The summed E-state index contributed by atoms with van der Waals surface area (Å²) in [5.41, 5.74) is 2.26. The van der Waals surface area contributed by atoms with Gasteiger partial charge in [-0.05, 0) is 26.0 Å². The number of aliphatic hydroxyl groups is 1. The smallest absolute Gasteiger partial charge is 0.129 e. The van der Waals surface area contributed by atoms with Gasteiger partial charge in [0, 0.05) is 24.2 Å². The lowest BCUT2D eigenvalue weighted by Gasteiger charge is -2.35. The van der Waals surface area contributed by atoms with Crippen LogP contribution in [0.25, 0.3) is 0 Å². The first kappa shape index (κ1) is 13.4. The Hall–Kier alpha value is -1.59. The van der Waals surface area contributed by atoms with Crippen molar-refractivity contribution in [2.75, 3.05) is 0 Å². The molecule has 0 radical (unpaired) electrons. The molecule has 0 amide bonds. The molecule has 1 aromatic carbocycles. The molecule has 1 unspecified atom stereocenters. The molecule has 0 saturated heterocycles. The molecule has 5 heteroatoms. The fourth-order valence-corrected chi connectivity index (χ4v) is 2.86. The van der Waals surface area contributed by atoms with Gasteiger partial charge in [0.2, 0.25) is 0 Å². The fraction of sp³-hybridized carbons (Fsp3) is 0.400. The Morgan fingerprint density at radius 3 is 3.10 bits per heavy atom. The largest absolute Gasteiger partial charge is 0.488 e. The zero-order valence-electron chi connectivity index (χ0n) is 11.5. The second-order valence-corrected chi connectivity index (χ2v) is 6.51. The molecule has 0 saturated carbocycles. The molecular formula is C15H17NO3S. The van der Waals surface area contributed by atoms with E-state index in [2.05, 4.69) is 4.98 Å². The summed E-state index contributed by atoms with van der Waals surface area (Å²) in [6, 6.07) is 5.59. The van der Waals surface area contributed by atoms with E-state index in [0.29, 0.717) is 18.8 Å². The van der Waals surface area contributed by atoms with Crippen LogP contribution in [0.15, 0.2) is 29.9 Å². The molecule has 0 bridgehead atoms. The molecule has 0 aliphatic carbocycles. The third-order valence-electron chi connectivity index (χ3n) is 3.28. The monoisotopic (exact) mass is 291 g/mol. The SMILES string of the molecule is CC1(C)CC(O)c2ccc(OCc3cncs3)cc2O1. The molecule has 0 spiro atoms. The number of fused-ring (bicyclic) bond motifs is 1. The predicted molar refractivity (Wildman–Crippen MR) is 77.2 cm³/mol. The van der Waals surface area contributed by atoms with E-state index in [1.54, 1.807) is 23.0 Å².